The standard InChI is InChI=1S/C30H37N5O5/c1-38-28-24(29(39-2)32-30(31-28)40-3)18-33-16-23-17-34(26(37)20-36)14-15-35(23)25(19-33)27(21-10-6-4-7-11-21)22-12-8-5-9-13-22/h4-13,23,25,27,36H,14-20H2,1-3H3/t23-,25+/m1/s1. The van der Waals surface area contributed by atoms with Crippen LogP contribution in [0.2, 0.25) is 0 Å². The number of rotatable bonds is 9. The lowest BCUT2D eigenvalue weighted by atomic mass is 9.81. The van der Waals surface area contributed by atoms with Crippen molar-refractivity contribution in [3.8, 4) is 17.8 Å². The third-order valence-electron chi connectivity index (χ3n) is 7.92. The van der Waals surface area contributed by atoms with Gasteiger partial charge in [0.05, 0.1) is 26.9 Å². The van der Waals surface area contributed by atoms with Crippen LogP contribution >= 0.6 is 0 Å². The Morgan fingerprint density at radius 1 is 0.875 bits per heavy atom. The van der Waals surface area contributed by atoms with Gasteiger partial charge in [0.25, 0.3) is 0 Å². The van der Waals surface area contributed by atoms with Crippen LogP contribution in [0.5, 0.6) is 17.8 Å². The molecule has 3 heterocycles. The van der Waals surface area contributed by atoms with Crippen LogP contribution in [0.4, 0.5) is 0 Å². The molecule has 2 aromatic carbocycles. The fourth-order valence-electron chi connectivity index (χ4n) is 6.13. The Morgan fingerprint density at radius 2 is 1.48 bits per heavy atom. The van der Waals surface area contributed by atoms with E-state index in [2.05, 4.69) is 68.3 Å². The number of amides is 1. The van der Waals surface area contributed by atoms with Gasteiger partial charge >= 0.3 is 6.01 Å². The summed E-state index contributed by atoms with van der Waals surface area (Å²) in [6.07, 6.45) is 0. The van der Waals surface area contributed by atoms with Crippen LogP contribution in [0.3, 0.4) is 0 Å². The minimum atomic E-state index is -0.478. The van der Waals surface area contributed by atoms with Crippen molar-refractivity contribution in [1.29, 1.82) is 0 Å². The quantitative estimate of drug-likeness (QED) is 0.431. The molecule has 2 fully saturated rings. The molecular formula is C30H37N5O5. The summed E-state index contributed by atoms with van der Waals surface area (Å²) >= 11 is 0. The SMILES string of the molecule is COc1nc(OC)c(CN2C[C@@H]3CN(C(=O)CO)CCN3[C@H](C(c3ccccc3)c3ccccc3)C2)c(OC)n1. The van der Waals surface area contributed by atoms with E-state index in [1.54, 1.807) is 19.1 Å². The third kappa shape index (κ3) is 5.74. The molecule has 5 rings (SSSR count). The van der Waals surface area contributed by atoms with E-state index in [0.29, 0.717) is 31.4 Å². The molecule has 2 aliphatic rings. The summed E-state index contributed by atoms with van der Waals surface area (Å²) in [5.41, 5.74) is 3.24. The molecule has 10 nitrogen and oxygen atoms in total. The molecule has 1 amide bonds. The zero-order chi connectivity index (χ0) is 28.1. The molecule has 0 bridgehead atoms. The monoisotopic (exact) mass is 547 g/mol. The molecule has 0 unspecified atom stereocenters. The van der Waals surface area contributed by atoms with Crippen molar-refractivity contribution in [2.45, 2.75) is 24.5 Å². The molecule has 1 N–H and O–H groups in total. The number of hydrogen-bond donors (Lipinski definition) is 1. The molecule has 0 aliphatic carbocycles. The number of carbonyl (C=O) groups is 1. The predicted octanol–water partition coefficient (Wildman–Crippen LogP) is 2.02. The highest BCUT2D eigenvalue weighted by atomic mass is 16.5. The van der Waals surface area contributed by atoms with E-state index in [1.165, 1.54) is 18.2 Å². The fourth-order valence-corrected chi connectivity index (χ4v) is 6.13. The van der Waals surface area contributed by atoms with Crippen LogP contribution in [0, 0.1) is 0 Å². The lowest BCUT2D eigenvalue weighted by molar-refractivity contribution is -0.139. The molecule has 3 aromatic rings. The summed E-state index contributed by atoms with van der Waals surface area (Å²) in [6.45, 7) is 3.41. The van der Waals surface area contributed by atoms with E-state index in [4.69, 9.17) is 14.2 Å². The number of aliphatic hydroxyl groups is 1. The number of aliphatic hydroxyl groups excluding tert-OH is 1. The first kappa shape index (κ1) is 27.8. The Kier molecular flexibility index (Phi) is 8.78. The molecular weight excluding hydrogens is 510 g/mol. The lowest BCUT2D eigenvalue weighted by Gasteiger charge is -2.53. The number of benzene rings is 2. The number of carbonyl (C=O) groups excluding carboxylic acids is 1. The van der Waals surface area contributed by atoms with E-state index in [9.17, 15) is 9.90 Å². The average Bonchev–Trinajstić information content (AvgIpc) is 3.01. The van der Waals surface area contributed by atoms with Gasteiger partial charge in [0.1, 0.15) is 6.61 Å². The molecule has 2 atom stereocenters. The topological polar surface area (TPSA) is 100 Å². The van der Waals surface area contributed by atoms with Gasteiger partial charge in [-0.05, 0) is 11.1 Å². The molecule has 0 radical (unpaired) electrons. The van der Waals surface area contributed by atoms with Crippen molar-refractivity contribution < 1.29 is 24.1 Å². The van der Waals surface area contributed by atoms with Crippen molar-refractivity contribution in [3.63, 3.8) is 0 Å². The molecule has 10 heteroatoms. The second kappa shape index (κ2) is 12.6. The van der Waals surface area contributed by atoms with Crippen molar-refractivity contribution in [2.24, 2.45) is 0 Å². The highest BCUT2D eigenvalue weighted by Crippen LogP contribution is 2.37. The second-order valence-corrected chi connectivity index (χ2v) is 10.2. The van der Waals surface area contributed by atoms with Crippen LogP contribution < -0.4 is 14.2 Å². The smallest absolute Gasteiger partial charge is 0.322 e. The zero-order valence-corrected chi connectivity index (χ0v) is 23.3. The summed E-state index contributed by atoms with van der Waals surface area (Å²) in [7, 11) is 4.66. The average molecular weight is 548 g/mol. The van der Waals surface area contributed by atoms with E-state index < -0.39 is 6.61 Å². The number of aromatic nitrogens is 2. The van der Waals surface area contributed by atoms with Crippen LogP contribution in [-0.4, -0.2) is 108 Å². The molecule has 40 heavy (non-hydrogen) atoms. The van der Waals surface area contributed by atoms with Gasteiger partial charge in [-0.2, -0.15) is 9.97 Å². The van der Waals surface area contributed by atoms with Gasteiger partial charge in [-0.1, -0.05) is 60.7 Å². The first-order valence-electron chi connectivity index (χ1n) is 13.6. The molecule has 0 saturated carbocycles. The largest absolute Gasteiger partial charge is 0.481 e. The third-order valence-corrected chi connectivity index (χ3v) is 7.92. The second-order valence-electron chi connectivity index (χ2n) is 10.2. The zero-order valence-electron chi connectivity index (χ0n) is 23.3. The van der Waals surface area contributed by atoms with Crippen LogP contribution in [-0.2, 0) is 11.3 Å². The summed E-state index contributed by atoms with van der Waals surface area (Å²) in [5, 5.41) is 9.56. The van der Waals surface area contributed by atoms with Gasteiger partial charge in [-0.25, -0.2) is 0 Å². The maximum absolute atomic E-state index is 12.5. The summed E-state index contributed by atoms with van der Waals surface area (Å²) in [5.74, 6) is 0.698. The van der Waals surface area contributed by atoms with Gasteiger partial charge in [-0.15, -0.1) is 0 Å². The molecule has 212 valence electrons. The Hall–Kier alpha value is -3.73. The highest BCUT2D eigenvalue weighted by Gasteiger charge is 2.43. The predicted molar refractivity (Wildman–Crippen MR) is 150 cm³/mol. The van der Waals surface area contributed by atoms with Gasteiger partial charge in [-0.3, -0.25) is 14.6 Å². The Morgan fingerprint density at radius 3 is 2.00 bits per heavy atom. The van der Waals surface area contributed by atoms with Crippen molar-refractivity contribution in [1.82, 2.24) is 24.7 Å². The van der Waals surface area contributed by atoms with Gasteiger partial charge in [0, 0.05) is 57.3 Å². The fraction of sp³-hybridized carbons (Fsp3) is 0.433. The molecule has 1 aromatic heterocycles. The van der Waals surface area contributed by atoms with Crippen LogP contribution in [0.1, 0.15) is 22.6 Å². The van der Waals surface area contributed by atoms with Gasteiger partial charge in [0.2, 0.25) is 17.7 Å². The molecule has 0 spiro atoms. The summed E-state index contributed by atoms with van der Waals surface area (Å²) < 4.78 is 16.5. The normalized spacial score (nSPS) is 19.8. The van der Waals surface area contributed by atoms with E-state index in [-0.39, 0.29) is 29.9 Å². The number of hydrogen-bond acceptors (Lipinski definition) is 9. The Labute approximate surface area is 235 Å². The Bertz CT molecular complexity index is 1210. The van der Waals surface area contributed by atoms with Crippen LogP contribution in [0.25, 0.3) is 0 Å². The van der Waals surface area contributed by atoms with E-state index in [1.807, 2.05) is 12.1 Å². The van der Waals surface area contributed by atoms with Gasteiger partial charge in [0.15, 0.2) is 0 Å². The first-order chi connectivity index (χ1) is 19.6. The lowest BCUT2D eigenvalue weighted by Crippen LogP contribution is -2.67. The van der Waals surface area contributed by atoms with E-state index in [0.717, 1.165) is 25.2 Å². The minimum absolute atomic E-state index is 0.0779. The molecule has 2 aliphatic heterocycles. The number of nitrogens with zero attached hydrogens (tertiary/aromatic N) is 5. The van der Waals surface area contributed by atoms with Crippen LogP contribution in [0.15, 0.2) is 60.7 Å². The van der Waals surface area contributed by atoms with Crippen molar-refractivity contribution in [3.05, 3.63) is 77.4 Å². The summed E-state index contributed by atoms with van der Waals surface area (Å²) in [6, 6.07) is 21.6. The number of methoxy groups -OCH3 is 3. The van der Waals surface area contributed by atoms with Crippen molar-refractivity contribution in [2.75, 3.05) is 60.7 Å². The Balaban J connectivity index is 1.54. The summed E-state index contributed by atoms with van der Waals surface area (Å²) in [4.78, 5) is 28.0. The first-order valence-corrected chi connectivity index (χ1v) is 13.6. The number of ether oxygens (including phenoxy) is 3. The maximum atomic E-state index is 12.5. The maximum Gasteiger partial charge on any atom is 0.322 e. The van der Waals surface area contributed by atoms with Crippen molar-refractivity contribution >= 4 is 5.91 Å². The number of fused-ring (bicyclic) bond motifs is 1. The number of piperazine rings is 2. The van der Waals surface area contributed by atoms with Gasteiger partial charge < -0.3 is 24.2 Å². The minimum Gasteiger partial charge on any atom is -0.481 e. The molecule has 2 saturated heterocycles. The van der Waals surface area contributed by atoms with E-state index >= 15 is 0 Å². The highest BCUT2D eigenvalue weighted by molar-refractivity contribution is 5.77.